The zero-order valence-electron chi connectivity index (χ0n) is 14.7. The van der Waals surface area contributed by atoms with E-state index in [2.05, 4.69) is 15.6 Å². The van der Waals surface area contributed by atoms with Crippen LogP contribution < -0.4 is 5.43 Å². The van der Waals surface area contributed by atoms with Crippen LogP contribution in [-0.4, -0.2) is 27.0 Å². The molecular formula is C20H20N4O2. The van der Waals surface area contributed by atoms with Gasteiger partial charge in [-0.15, -0.1) is 0 Å². The summed E-state index contributed by atoms with van der Waals surface area (Å²) in [5, 5.41) is 18.0. The maximum Gasteiger partial charge on any atom is 0.271 e. The van der Waals surface area contributed by atoms with E-state index in [1.54, 1.807) is 36.4 Å². The molecule has 0 fully saturated rings. The molecule has 1 aromatic heterocycles. The summed E-state index contributed by atoms with van der Waals surface area (Å²) in [5.74, 6) is -0.201. The molecule has 132 valence electrons. The summed E-state index contributed by atoms with van der Waals surface area (Å²) in [5.41, 5.74) is 6.65. The molecule has 6 heteroatoms. The maximum absolute atomic E-state index is 12.1. The van der Waals surface area contributed by atoms with Crippen molar-refractivity contribution in [3.63, 3.8) is 0 Å². The van der Waals surface area contributed by atoms with E-state index in [1.807, 2.05) is 36.7 Å². The van der Waals surface area contributed by atoms with E-state index in [0.29, 0.717) is 17.7 Å². The van der Waals surface area contributed by atoms with Crippen molar-refractivity contribution in [2.75, 3.05) is 0 Å². The number of amides is 1. The Kier molecular flexibility index (Phi) is 5.12. The zero-order valence-corrected chi connectivity index (χ0v) is 14.7. The van der Waals surface area contributed by atoms with Gasteiger partial charge >= 0.3 is 0 Å². The van der Waals surface area contributed by atoms with Gasteiger partial charge in [0.25, 0.3) is 5.91 Å². The van der Waals surface area contributed by atoms with Gasteiger partial charge in [0.05, 0.1) is 18.5 Å². The number of para-hydroxylation sites is 1. The van der Waals surface area contributed by atoms with Crippen LogP contribution in [0.5, 0.6) is 5.75 Å². The Morgan fingerprint density at radius 2 is 1.92 bits per heavy atom. The van der Waals surface area contributed by atoms with Crippen molar-refractivity contribution in [1.29, 1.82) is 0 Å². The van der Waals surface area contributed by atoms with Crippen LogP contribution in [0, 0.1) is 13.8 Å². The normalized spacial score (nSPS) is 11.0. The van der Waals surface area contributed by atoms with Crippen molar-refractivity contribution in [2.24, 2.45) is 5.10 Å². The van der Waals surface area contributed by atoms with Gasteiger partial charge in [0.1, 0.15) is 5.75 Å². The Morgan fingerprint density at radius 1 is 1.19 bits per heavy atom. The molecule has 0 aliphatic rings. The molecule has 0 spiro atoms. The summed E-state index contributed by atoms with van der Waals surface area (Å²) >= 11 is 0. The summed E-state index contributed by atoms with van der Waals surface area (Å²) in [4.78, 5) is 12.1. The molecule has 0 bridgehead atoms. The number of rotatable bonds is 5. The molecule has 26 heavy (non-hydrogen) atoms. The number of phenolic OH excluding ortho intramolecular Hbond substituents is 1. The third-order valence-corrected chi connectivity index (χ3v) is 3.96. The number of aryl methyl sites for hydroxylation is 2. The standard InChI is InChI=1S/C20H20N4O2/c1-14-11-15(2)24(23-14)13-16-7-9-17(10-8-16)20(26)22-21-12-18-5-3-4-6-19(18)25/h3-12,25H,13H2,1-2H3,(H,22,26). The quantitative estimate of drug-likeness (QED) is 0.549. The molecule has 1 heterocycles. The van der Waals surface area contributed by atoms with Gasteiger partial charge < -0.3 is 5.11 Å². The van der Waals surface area contributed by atoms with E-state index in [9.17, 15) is 9.90 Å². The maximum atomic E-state index is 12.1. The lowest BCUT2D eigenvalue weighted by atomic mass is 10.1. The van der Waals surface area contributed by atoms with Gasteiger partial charge in [-0.3, -0.25) is 9.48 Å². The van der Waals surface area contributed by atoms with Crippen LogP contribution in [0.25, 0.3) is 0 Å². The van der Waals surface area contributed by atoms with Gasteiger partial charge in [0.2, 0.25) is 0 Å². The third kappa shape index (κ3) is 4.16. The molecule has 0 unspecified atom stereocenters. The summed E-state index contributed by atoms with van der Waals surface area (Å²) in [7, 11) is 0. The number of phenols is 1. The molecular weight excluding hydrogens is 328 g/mol. The predicted molar refractivity (Wildman–Crippen MR) is 100 cm³/mol. The lowest BCUT2D eigenvalue weighted by Crippen LogP contribution is -2.17. The molecule has 0 saturated heterocycles. The molecule has 1 amide bonds. The summed E-state index contributed by atoms with van der Waals surface area (Å²) < 4.78 is 1.93. The molecule has 0 atom stereocenters. The van der Waals surface area contributed by atoms with Crippen LogP contribution in [0.1, 0.15) is 32.9 Å². The highest BCUT2D eigenvalue weighted by atomic mass is 16.3. The van der Waals surface area contributed by atoms with Crippen LogP contribution in [0.2, 0.25) is 0 Å². The minimum Gasteiger partial charge on any atom is -0.507 e. The van der Waals surface area contributed by atoms with Crippen molar-refractivity contribution < 1.29 is 9.90 Å². The number of aromatic nitrogens is 2. The molecule has 6 nitrogen and oxygen atoms in total. The van der Waals surface area contributed by atoms with E-state index >= 15 is 0 Å². The topological polar surface area (TPSA) is 79.5 Å². The Hall–Kier alpha value is -3.41. The molecule has 3 aromatic rings. The van der Waals surface area contributed by atoms with Crippen molar-refractivity contribution in [2.45, 2.75) is 20.4 Å². The SMILES string of the molecule is Cc1cc(C)n(Cc2ccc(C(=O)NN=Cc3ccccc3O)cc2)n1. The van der Waals surface area contributed by atoms with Gasteiger partial charge in [0.15, 0.2) is 0 Å². The lowest BCUT2D eigenvalue weighted by molar-refractivity contribution is 0.0955. The number of benzene rings is 2. The average Bonchev–Trinajstić information content (AvgIpc) is 2.94. The summed E-state index contributed by atoms with van der Waals surface area (Å²) in [6, 6.07) is 16.1. The third-order valence-electron chi connectivity index (χ3n) is 3.96. The van der Waals surface area contributed by atoms with Crippen molar-refractivity contribution in [1.82, 2.24) is 15.2 Å². The number of hydrogen-bond donors (Lipinski definition) is 2. The van der Waals surface area contributed by atoms with E-state index in [-0.39, 0.29) is 11.7 Å². The Bertz CT molecular complexity index is 943. The van der Waals surface area contributed by atoms with Crippen LogP contribution in [-0.2, 0) is 6.54 Å². The summed E-state index contributed by atoms with van der Waals surface area (Å²) in [6.07, 6.45) is 1.41. The molecule has 0 radical (unpaired) electrons. The number of aromatic hydroxyl groups is 1. The smallest absolute Gasteiger partial charge is 0.271 e. The fourth-order valence-electron chi connectivity index (χ4n) is 2.59. The van der Waals surface area contributed by atoms with Gasteiger partial charge in [-0.25, -0.2) is 5.43 Å². The van der Waals surface area contributed by atoms with Gasteiger partial charge in [-0.05, 0) is 49.7 Å². The van der Waals surface area contributed by atoms with Gasteiger partial charge in [-0.2, -0.15) is 10.2 Å². The molecule has 0 saturated carbocycles. The fourth-order valence-corrected chi connectivity index (χ4v) is 2.59. The van der Waals surface area contributed by atoms with Crippen molar-refractivity contribution in [3.05, 3.63) is 82.7 Å². The van der Waals surface area contributed by atoms with Crippen molar-refractivity contribution >= 4 is 12.1 Å². The van der Waals surface area contributed by atoms with E-state index in [1.165, 1.54) is 6.21 Å². The van der Waals surface area contributed by atoms with Crippen LogP contribution in [0.4, 0.5) is 0 Å². The van der Waals surface area contributed by atoms with E-state index in [4.69, 9.17) is 0 Å². The number of hydrazone groups is 1. The lowest BCUT2D eigenvalue weighted by Gasteiger charge is -2.06. The van der Waals surface area contributed by atoms with E-state index < -0.39 is 0 Å². The number of nitrogens with one attached hydrogen (secondary N) is 1. The number of hydrogen-bond acceptors (Lipinski definition) is 4. The van der Waals surface area contributed by atoms with Crippen LogP contribution in [0.15, 0.2) is 59.7 Å². The van der Waals surface area contributed by atoms with Crippen molar-refractivity contribution in [3.8, 4) is 5.75 Å². The fraction of sp³-hybridized carbons (Fsp3) is 0.150. The number of nitrogens with zero attached hydrogens (tertiary/aromatic N) is 3. The minimum absolute atomic E-state index is 0.110. The predicted octanol–water partition coefficient (Wildman–Crippen LogP) is 3.02. The Balaban J connectivity index is 1.62. The number of carbonyl (C=O) groups is 1. The highest BCUT2D eigenvalue weighted by molar-refractivity contribution is 5.95. The first-order valence-electron chi connectivity index (χ1n) is 8.24. The van der Waals surface area contributed by atoms with E-state index in [0.717, 1.165) is 17.0 Å². The minimum atomic E-state index is -0.311. The highest BCUT2D eigenvalue weighted by Crippen LogP contribution is 2.12. The Morgan fingerprint density at radius 3 is 2.58 bits per heavy atom. The largest absolute Gasteiger partial charge is 0.507 e. The highest BCUT2D eigenvalue weighted by Gasteiger charge is 2.06. The molecule has 0 aliphatic heterocycles. The first-order chi connectivity index (χ1) is 12.5. The first kappa shape index (κ1) is 17.4. The second-order valence-electron chi connectivity index (χ2n) is 6.04. The summed E-state index contributed by atoms with van der Waals surface area (Å²) in [6.45, 7) is 4.64. The molecule has 0 aliphatic carbocycles. The number of carbonyl (C=O) groups excluding carboxylic acids is 1. The van der Waals surface area contributed by atoms with Gasteiger partial charge in [-0.1, -0.05) is 24.3 Å². The molecule has 2 N–H and O–H groups in total. The second-order valence-corrected chi connectivity index (χ2v) is 6.04. The van der Waals surface area contributed by atoms with Gasteiger partial charge in [0, 0.05) is 16.8 Å². The van der Waals surface area contributed by atoms with Crippen LogP contribution >= 0.6 is 0 Å². The molecule has 2 aromatic carbocycles. The first-order valence-corrected chi connectivity index (χ1v) is 8.24. The average molecular weight is 348 g/mol. The second kappa shape index (κ2) is 7.65. The monoisotopic (exact) mass is 348 g/mol. The molecule has 3 rings (SSSR count). The zero-order chi connectivity index (χ0) is 18.5. The Labute approximate surface area is 151 Å². The van der Waals surface area contributed by atoms with Crippen LogP contribution in [0.3, 0.4) is 0 Å².